The molecule has 1 heterocycles. The van der Waals surface area contributed by atoms with Gasteiger partial charge in [-0.3, -0.25) is 0 Å². The fourth-order valence-corrected chi connectivity index (χ4v) is 5.05. The second-order valence-electron chi connectivity index (χ2n) is 6.94. The van der Waals surface area contributed by atoms with Gasteiger partial charge in [-0.2, -0.15) is 5.10 Å². The molecule has 4 N–H and O–H groups in total. The van der Waals surface area contributed by atoms with E-state index in [1.54, 1.807) is 36.4 Å². The minimum atomic E-state index is -3.89. The first-order valence-electron chi connectivity index (χ1n) is 9.52. The molecule has 0 aliphatic rings. The number of rotatable bonds is 5. The van der Waals surface area contributed by atoms with Gasteiger partial charge >= 0.3 is 0 Å². The Morgan fingerprint density at radius 3 is 2.45 bits per heavy atom. The Morgan fingerprint density at radius 1 is 1.00 bits per heavy atom. The Bertz CT molecular complexity index is 1470. The molecular weight excluding hydrogens is 434 g/mol. The van der Waals surface area contributed by atoms with Crippen molar-refractivity contribution < 1.29 is 8.42 Å². The van der Waals surface area contributed by atoms with Crippen LogP contribution in [0.1, 0.15) is 18.9 Å². The molecule has 0 fully saturated rings. The van der Waals surface area contributed by atoms with Crippen molar-refractivity contribution in [3.63, 3.8) is 0 Å². The highest BCUT2D eigenvalue weighted by atomic mass is 35.5. The summed E-state index contributed by atoms with van der Waals surface area (Å²) in [5.41, 5.74) is 12.4. The molecule has 0 aliphatic heterocycles. The molecule has 0 saturated heterocycles. The van der Waals surface area contributed by atoms with E-state index in [1.165, 1.54) is 10.2 Å². The van der Waals surface area contributed by atoms with E-state index >= 15 is 0 Å². The second-order valence-corrected chi connectivity index (χ2v) is 9.19. The fourth-order valence-electron chi connectivity index (χ4n) is 3.48. The Labute approximate surface area is 184 Å². The van der Waals surface area contributed by atoms with Gasteiger partial charge in [0.1, 0.15) is 0 Å². The smallest absolute Gasteiger partial charge is 0.268 e. The summed E-state index contributed by atoms with van der Waals surface area (Å²) in [5, 5.41) is 10.8. The van der Waals surface area contributed by atoms with Crippen LogP contribution in [-0.4, -0.2) is 24.1 Å². The number of guanidine groups is 1. The molecule has 0 aliphatic carbocycles. The van der Waals surface area contributed by atoms with Crippen LogP contribution in [0, 0.1) is 0 Å². The first kappa shape index (κ1) is 20.9. The normalized spacial score (nSPS) is 12.4. The van der Waals surface area contributed by atoms with Crippen LogP contribution in [0.4, 0.5) is 0 Å². The summed E-state index contributed by atoms with van der Waals surface area (Å²) in [4.78, 5) is 0.184. The van der Waals surface area contributed by atoms with Gasteiger partial charge in [0.2, 0.25) is 5.96 Å². The van der Waals surface area contributed by atoms with Gasteiger partial charge in [-0.15, -0.1) is 5.10 Å². The molecule has 7 nitrogen and oxygen atoms in total. The highest BCUT2D eigenvalue weighted by Crippen LogP contribution is 2.30. The lowest BCUT2D eigenvalue weighted by Gasteiger charge is -2.09. The maximum atomic E-state index is 13.6. The summed E-state index contributed by atoms with van der Waals surface area (Å²) in [6.07, 6.45) is 2.02. The van der Waals surface area contributed by atoms with Crippen LogP contribution in [0.2, 0.25) is 5.02 Å². The second kappa shape index (κ2) is 8.05. The average Bonchev–Trinajstić information content (AvgIpc) is 3.13. The molecule has 1 aromatic heterocycles. The predicted molar refractivity (Wildman–Crippen MR) is 126 cm³/mol. The Hall–Kier alpha value is -3.36. The van der Waals surface area contributed by atoms with E-state index in [9.17, 15) is 8.42 Å². The Balaban J connectivity index is 1.96. The standard InChI is InChI=1S/C22H20ClN5O2S/c1-2-20(26-27-22(24)25)19-13-28(21-10-8-16(23)12-18(19)21)31(29,30)17-9-7-14-5-3-4-6-15(14)11-17/h3-13H,2H2,1H3,(H4,24,25,27)/b26-20-. The summed E-state index contributed by atoms with van der Waals surface area (Å²) in [5.74, 6) is -0.184. The Kier molecular flexibility index (Phi) is 5.43. The zero-order chi connectivity index (χ0) is 22.2. The highest BCUT2D eigenvalue weighted by molar-refractivity contribution is 7.90. The van der Waals surface area contributed by atoms with E-state index in [-0.39, 0.29) is 10.9 Å². The number of aromatic nitrogens is 1. The van der Waals surface area contributed by atoms with E-state index in [0.29, 0.717) is 33.6 Å². The molecule has 9 heteroatoms. The first-order chi connectivity index (χ1) is 14.8. The van der Waals surface area contributed by atoms with Crippen molar-refractivity contribution in [3.8, 4) is 0 Å². The number of nitrogens with two attached hydrogens (primary N) is 2. The number of fused-ring (bicyclic) bond motifs is 2. The third-order valence-corrected chi connectivity index (χ3v) is 6.85. The average molecular weight is 454 g/mol. The van der Waals surface area contributed by atoms with Gasteiger partial charge in [-0.25, -0.2) is 12.4 Å². The van der Waals surface area contributed by atoms with Crippen LogP contribution >= 0.6 is 11.6 Å². The first-order valence-corrected chi connectivity index (χ1v) is 11.3. The van der Waals surface area contributed by atoms with Crippen LogP contribution < -0.4 is 11.5 Å². The fraction of sp³-hybridized carbons (Fsp3) is 0.0909. The molecule has 3 aromatic carbocycles. The molecule has 0 unspecified atom stereocenters. The maximum Gasteiger partial charge on any atom is 0.268 e. The van der Waals surface area contributed by atoms with E-state index in [1.807, 2.05) is 31.2 Å². The number of nitrogens with zero attached hydrogens (tertiary/aromatic N) is 3. The lowest BCUT2D eigenvalue weighted by molar-refractivity contribution is 0.589. The third kappa shape index (κ3) is 3.87. The van der Waals surface area contributed by atoms with Crippen LogP contribution in [0.5, 0.6) is 0 Å². The monoisotopic (exact) mass is 453 g/mol. The molecular formula is C22H20ClN5O2S. The summed E-state index contributed by atoms with van der Waals surface area (Å²) in [6, 6.07) is 17.7. The van der Waals surface area contributed by atoms with Gasteiger partial charge in [-0.05, 0) is 47.5 Å². The molecule has 0 amide bonds. The summed E-state index contributed by atoms with van der Waals surface area (Å²) >= 11 is 6.21. The summed E-state index contributed by atoms with van der Waals surface area (Å²) < 4.78 is 28.4. The number of hydrogen-bond donors (Lipinski definition) is 2. The van der Waals surface area contributed by atoms with Gasteiger partial charge in [0, 0.05) is 22.2 Å². The van der Waals surface area contributed by atoms with E-state index in [4.69, 9.17) is 23.1 Å². The summed E-state index contributed by atoms with van der Waals surface area (Å²) in [7, 11) is -3.89. The van der Waals surface area contributed by atoms with Gasteiger partial charge in [0.25, 0.3) is 10.0 Å². The van der Waals surface area contributed by atoms with Gasteiger partial charge in [0.15, 0.2) is 0 Å². The number of halogens is 1. The molecule has 158 valence electrons. The van der Waals surface area contributed by atoms with Crippen LogP contribution in [0.3, 0.4) is 0 Å². The van der Waals surface area contributed by atoms with Crippen LogP contribution in [0.25, 0.3) is 21.7 Å². The number of hydrogen-bond acceptors (Lipinski definition) is 4. The van der Waals surface area contributed by atoms with Crippen molar-refractivity contribution in [2.24, 2.45) is 21.7 Å². The molecule has 0 spiro atoms. The van der Waals surface area contributed by atoms with Crippen LogP contribution in [0.15, 0.2) is 82.0 Å². The zero-order valence-corrected chi connectivity index (χ0v) is 18.2. The van der Waals surface area contributed by atoms with Crippen molar-refractivity contribution in [2.75, 3.05) is 0 Å². The molecule has 4 rings (SSSR count). The lowest BCUT2D eigenvalue weighted by Crippen LogP contribution is -2.22. The third-order valence-electron chi connectivity index (χ3n) is 4.94. The maximum absolute atomic E-state index is 13.6. The Morgan fingerprint density at radius 2 is 1.74 bits per heavy atom. The topological polar surface area (TPSA) is 116 Å². The minimum Gasteiger partial charge on any atom is -0.369 e. The van der Waals surface area contributed by atoms with Crippen molar-refractivity contribution in [3.05, 3.63) is 77.4 Å². The van der Waals surface area contributed by atoms with Crippen molar-refractivity contribution in [1.82, 2.24) is 3.97 Å². The SMILES string of the molecule is CC/C(=N/N=C(N)N)c1cn(S(=O)(=O)c2ccc3ccccc3c2)c2ccc(Cl)cc12. The predicted octanol–water partition coefficient (Wildman–Crippen LogP) is 4.07. The molecule has 31 heavy (non-hydrogen) atoms. The molecule has 0 atom stereocenters. The van der Waals surface area contributed by atoms with Gasteiger partial charge in [-0.1, -0.05) is 48.9 Å². The molecule has 0 radical (unpaired) electrons. The molecule has 0 saturated carbocycles. The minimum absolute atomic E-state index is 0.184. The lowest BCUT2D eigenvalue weighted by atomic mass is 10.1. The zero-order valence-electron chi connectivity index (χ0n) is 16.7. The van der Waals surface area contributed by atoms with Crippen molar-refractivity contribution >= 4 is 55.0 Å². The summed E-state index contributed by atoms with van der Waals surface area (Å²) in [6.45, 7) is 1.88. The van der Waals surface area contributed by atoms with E-state index in [0.717, 1.165) is 10.8 Å². The van der Waals surface area contributed by atoms with Crippen molar-refractivity contribution in [1.29, 1.82) is 0 Å². The van der Waals surface area contributed by atoms with Crippen molar-refractivity contribution in [2.45, 2.75) is 18.2 Å². The molecule has 4 aromatic rings. The molecule has 0 bridgehead atoms. The van der Waals surface area contributed by atoms with Gasteiger partial charge < -0.3 is 11.5 Å². The van der Waals surface area contributed by atoms with E-state index < -0.39 is 10.0 Å². The van der Waals surface area contributed by atoms with Crippen LogP contribution in [-0.2, 0) is 10.0 Å². The highest BCUT2D eigenvalue weighted by Gasteiger charge is 2.23. The van der Waals surface area contributed by atoms with E-state index in [2.05, 4.69) is 10.2 Å². The van der Waals surface area contributed by atoms with Gasteiger partial charge in [0.05, 0.1) is 16.1 Å². The largest absolute Gasteiger partial charge is 0.369 e. The number of benzene rings is 3. The quantitative estimate of drug-likeness (QED) is 0.269.